The molecule has 0 saturated heterocycles. The molecule has 0 aliphatic carbocycles. The summed E-state index contributed by atoms with van der Waals surface area (Å²) in [7, 11) is 0. The summed E-state index contributed by atoms with van der Waals surface area (Å²) in [6.45, 7) is 10.0. The highest BCUT2D eigenvalue weighted by Gasteiger charge is 2.02. The van der Waals surface area contributed by atoms with Crippen LogP contribution >= 0.6 is 0 Å². The minimum atomic E-state index is -0.489. The van der Waals surface area contributed by atoms with E-state index in [4.69, 9.17) is 18.9 Å². The fourth-order valence-corrected chi connectivity index (χ4v) is 2.92. The topological polar surface area (TPSA) is 105 Å². The summed E-state index contributed by atoms with van der Waals surface area (Å²) < 4.78 is 19.7. The average Bonchev–Trinajstić information content (AvgIpc) is 2.91. The Hall–Kier alpha value is -2.64. The summed E-state index contributed by atoms with van der Waals surface area (Å²) in [4.78, 5) is 44.9. The predicted octanol–water partition coefficient (Wildman–Crippen LogP) is 6.80. The van der Waals surface area contributed by atoms with Crippen molar-refractivity contribution in [1.82, 2.24) is 0 Å². The van der Waals surface area contributed by atoms with Gasteiger partial charge in [0.15, 0.2) is 0 Å². The number of hydrogen-bond donors (Lipinski definition) is 0. The molecule has 8 nitrogen and oxygen atoms in total. The predicted molar refractivity (Wildman–Crippen MR) is 149 cm³/mol. The normalized spacial score (nSPS) is 10.6. The number of hydrogen-bond acceptors (Lipinski definition) is 8. The second-order valence-electron chi connectivity index (χ2n) is 8.87. The van der Waals surface area contributed by atoms with Crippen molar-refractivity contribution in [3.8, 4) is 0 Å². The lowest BCUT2D eigenvalue weighted by Crippen LogP contribution is -2.06. The summed E-state index contributed by atoms with van der Waals surface area (Å²) in [5, 5.41) is 0. The van der Waals surface area contributed by atoms with E-state index in [0.29, 0.717) is 26.4 Å². The van der Waals surface area contributed by atoms with Crippen LogP contribution < -0.4 is 0 Å². The molecule has 0 N–H and O–H groups in total. The van der Waals surface area contributed by atoms with Crippen LogP contribution in [-0.2, 0) is 38.1 Å². The standard InChI is InChI=1S/C16H28O4.C14H24O4/c1-3-5-7-9-13-19-15(17)11-12-16(18)20-14-10-8-6-4-2;1-3-5-7-11-17-13(15)9-10-14(16)18-12-8-6-4-2/h11-12H,3-10,13-14H2,1-2H3;9-10H,3-8,11-12H2,1-2H3. The average molecular weight is 541 g/mol. The van der Waals surface area contributed by atoms with E-state index in [2.05, 4.69) is 27.7 Å². The Kier molecular flexibility index (Phi) is 30.2. The van der Waals surface area contributed by atoms with E-state index < -0.39 is 23.9 Å². The van der Waals surface area contributed by atoms with Crippen molar-refractivity contribution in [1.29, 1.82) is 0 Å². The molecular weight excluding hydrogens is 488 g/mol. The van der Waals surface area contributed by atoms with Gasteiger partial charge in [0.1, 0.15) is 0 Å². The van der Waals surface area contributed by atoms with Crippen LogP contribution in [0.25, 0.3) is 0 Å². The Bertz CT molecular complexity index is 601. The molecule has 8 heteroatoms. The van der Waals surface area contributed by atoms with Crippen molar-refractivity contribution >= 4 is 23.9 Å². The Morgan fingerprint density at radius 3 is 0.816 bits per heavy atom. The maximum Gasteiger partial charge on any atom is 0.331 e. The molecule has 220 valence electrons. The van der Waals surface area contributed by atoms with Gasteiger partial charge in [0.05, 0.1) is 26.4 Å². The Morgan fingerprint density at radius 2 is 0.579 bits per heavy atom. The molecule has 0 atom stereocenters. The molecule has 0 heterocycles. The van der Waals surface area contributed by atoms with E-state index in [-0.39, 0.29) is 0 Å². The van der Waals surface area contributed by atoms with Crippen LogP contribution in [0.5, 0.6) is 0 Å². The molecule has 0 amide bonds. The highest BCUT2D eigenvalue weighted by atomic mass is 16.5. The third-order valence-corrected chi connectivity index (χ3v) is 5.18. The molecule has 0 saturated carbocycles. The first-order valence-electron chi connectivity index (χ1n) is 14.4. The summed E-state index contributed by atoms with van der Waals surface area (Å²) in [5.74, 6) is -1.94. The lowest BCUT2D eigenvalue weighted by atomic mass is 10.2. The molecule has 0 aromatic heterocycles. The second kappa shape index (κ2) is 30.6. The molecule has 0 spiro atoms. The van der Waals surface area contributed by atoms with E-state index >= 15 is 0 Å². The van der Waals surface area contributed by atoms with Gasteiger partial charge in [-0.25, -0.2) is 19.2 Å². The first-order valence-corrected chi connectivity index (χ1v) is 14.4. The fraction of sp³-hybridized carbons (Fsp3) is 0.733. The van der Waals surface area contributed by atoms with Gasteiger partial charge in [0.25, 0.3) is 0 Å². The molecular formula is C30H52O8. The van der Waals surface area contributed by atoms with Crippen molar-refractivity contribution in [3.05, 3.63) is 24.3 Å². The SMILES string of the molecule is CCCCCCOC(=O)C=CC(=O)OCCCCCC.CCCCCOC(=O)C=CC(=O)OCCCCC. The first-order chi connectivity index (χ1) is 18.4. The maximum absolute atomic E-state index is 11.3. The summed E-state index contributed by atoms with van der Waals surface area (Å²) in [6.07, 6.45) is 18.9. The zero-order valence-electron chi connectivity index (χ0n) is 24.3. The van der Waals surface area contributed by atoms with E-state index in [1.54, 1.807) is 0 Å². The number of ether oxygens (including phenoxy) is 4. The van der Waals surface area contributed by atoms with Gasteiger partial charge in [0.2, 0.25) is 0 Å². The van der Waals surface area contributed by atoms with E-state index in [9.17, 15) is 19.2 Å². The van der Waals surface area contributed by atoms with Gasteiger partial charge in [-0.05, 0) is 25.7 Å². The highest BCUT2D eigenvalue weighted by Crippen LogP contribution is 2.01. The van der Waals surface area contributed by atoms with Crippen molar-refractivity contribution in [2.45, 2.75) is 118 Å². The monoisotopic (exact) mass is 540 g/mol. The highest BCUT2D eigenvalue weighted by molar-refractivity contribution is 5.92. The van der Waals surface area contributed by atoms with Crippen molar-refractivity contribution < 1.29 is 38.1 Å². The number of rotatable bonds is 22. The van der Waals surface area contributed by atoms with Gasteiger partial charge >= 0.3 is 23.9 Å². The van der Waals surface area contributed by atoms with Gasteiger partial charge in [-0.2, -0.15) is 0 Å². The molecule has 0 bridgehead atoms. The molecule has 0 radical (unpaired) electrons. The van der Waals surface area contributed by atoms with Crippen LogP contribution in [-0.4, -0.2) is 50.3 Å². The zero-order valence-corrected chi connectivity index (χ0v) is 24.3. The Labute approximate surface area is 230 Å². The number of carbonyl (C=O) groups excluding carboxylic acids is 4. The van der Waals surface area contributed by atoms with E-state index in [0.717, 1.165) is 114 Å². The van der Waals surface area contributed by atoms with Crippen molar-refractivity contribution in [2.75, 3.05) is 26.4 Å². The molecule has 0 unspecified atom stereocenters. The second-order valence-corrected chi connectivity index (χ2v) is 8.87. The fourth-order valence-electron chi connectivity index (χ4n) is 2.92. The van der Waals surface area contributed by atoms with Gasteiger partial charge < -0.3 is 18.9 Å². The third-order valence-electron chi connectivity index (χ3n) is 5.18. The Morgan fingerprint density at radius 1 is 0.368 bits per heavy atom. The minimum Gasteiger partial charge on any atom is -0.463 e. The molecule has 0 aliphatic rings. The van der Waals surface area contributed by atoms with Gasteiger partial charge in [-0.3, -0.25) is 0 Å². The van der Waals surface area contributed by atoms with Gasteiger partial charge in [0, 0.05) is 24.3 Å². The van der Waals surface area contributed by atoms with Crippen LogP contribution in [0.3, 0.4) is 0 Å². The Balaban J connectivity index is 0. The quantitative estimate of drug-likeness (QED) is 0.0639. The van der Waals surface area contributed by atoms with Crippen molar-refractivity contribution in [2.24, 2.45) is 0 Å². The summed E-state index contributed by atoms with van der Waals surface area (Å²) >= 11 is 0. The molecule has 0 aromatic carbocycles. The summed E-state index contributed by atoms with van der Waals surface area (Å²) in [5.41, 5.74) is 0. The molecule has 0 rings (SSSR count). The molecule has 0 aliphatic heterocycles. The molecule has 0 fully saturated rings. The van der Waals surface area contributed by atoms with Gasteiger partial charge in [-0.15, -0.1) is 0 Å². The van der Waals surface area contributed by atoms with Crippen LogP contribution in [0.15, 0.2) is 24.3 Å². The largest absolute Gasteiger partial charge is 0.463 e. The van der Waals surface area contributed by atoms with E-state index in [1.165, 1.54) is 0 Å². The molecule has 0 aromatic rings. The van der Waals surface area contributed by atoms with Crippen LogP contribution in [0.2, 0.25) is 0 Å². The minimum absolute atomic E-state index is 0.405. The number of carbonyl (C=O) groups is 4. The smallest absolute Gasteiger partial charge is 0.331 e. The van der Waals surface area contributed by atoms with Crippen LogP contribution in [0.1, 0.15) is 118 Å². The van der Waals surface area contributed by atoms with Crippen LogP contribution in [0, 0.1) is 0 Å². The number of esters is 4. The van der Waals surface area contributed by atoms with Crippen LogP contribution in [0.4, 0.5) is 0 Å². The zero-order chi connectivity index (χ0) is 28.7. The lowest BCUT2D eigenvalue weighted by Gasteiger charge is -2.02. The number of unbranched alkanes of at least 4 members (excludes halogenated alkanes) is 10. The summed E-state index contributed by atoms with van der Waals surface area (Å²) in [6, 6.07) is 0. The maximum atomic E-state index is 11.3. The lowest BCUT2D eigenvalue weighted by molar-refractivity contribution is -0.140. The van der Waals surface area contributed by atoms with Gasteiger partial charge in [-0.1, -0.05) is 91.9 Å². The first kappa shape index (κ1) is 37.5. The molecule has 38 heavy (non-hydrogen) atoms. The van der Waals surface area contributed by atoms with Crippen molar-refractivity contribution in [3.63, 3.8) is 0 Å². The van der Waals surface area contributed by atoms with E-state index in [1.807, 2.05) is 0 Å². The third kappa shape index (κ3) is 31.4.